The van der Waals surface area contributed by atoms with Gasteiger partial charge in [-0.2, -0.15) is 5.10 Å². The van der Waals surface area contributed by atoms with Gasteiger partial charge in [-0.05, 0) is 30.7 Å². The van der Waals surface area contributed by atoms with Crippen molar-refractivity contribution in [3.8, 4) is 33.8 Å². The van der Waals surface area contributed by atoms with Gasteiger partial charge in [0.2, 0.25) is 0 Å². The first kappa shape index (κ1) is 19.2. The number of hydrogen-bond donors (Lipinski definition) is 2. The predicted molar refractivity (Wildman–Crippen MR) is 120 cm³/mol. The smallest absolute Gasteiger partial charge is 0.161 e. The number of imidazole rings is 1. The van der Waals surface area contributed by atoms with E-state index < -0.39 is 5.82 Å². The lowest BCUT2D eigenvalue weighted by molar-refractivity contribution is 0.631. The fourth-order valence-electron chi connectivity index (χ4n) is 3.98. The summed E-state index contributed by atoms with van der Waals surface area (Å²) >= 11 is 0. The molecule has 5 aromatic heterocycles. The van der Waals surface area contributed by atoms with Crippen LogP contribution in [0.15, 0.2) is 61.2 Å². The molecule has 0 aliphatic rings. The van der Waals surface area contributed by atoms with Crippen LogP contribution in [0.2, 0.25) is 0 Å². The Labute approximate surface area is 185 Å². The van der Waals surface area contributed by atoms with Gasteiger partial charge in [0, 0.05) is 47.0 Å². The van der Waals surface area contributed by atoms with Crippen molar-refractivity contribution in [3.05, 3.63) is 78.4 Å². The molecule has 9 heteroatoms. The van der Waals surface area contributed by atoms with E-state index in [1.54, 1.807) is 42.9 Å². The Balaban J connectivity index is 1.57. The average Bonchev–Trinajstić information content (AvgIpc) is 3.45. The molecule has 7 nitrogen and oxygen atoms in total. The highest BCUT2D eigenvalue weighted by Crippen LogP contribution is 2.35. The molecule has 6 rings (SSSR count). The van der Waals surface area contributed by atoms with Crippen LogP contribution in [0, 0.1) is 18.6 Å². The first-order chi connectivity index (χ1) is 16.1. The maximum atomic E-state index is 15.7. The number of benzene rings is 1. The van der Waals surface area contributed by atoms with Gasteiger partial charge in [-0.25, -0.2) is 23.7 Å². The maximum Gasteiger partial charge on any atom is 0.161 e. The maximum absolute atomic E-state index is 15.7. The highest BCUT2D eigenvalue weighted by molar-refractivity contribution is 5.96. The number of hydrogen-bond acceptors (Lipinski definition) is 5. The van der Waals surface area contributed by atoms with Gasteiger partial charge in [0.25, 0.3) is 0 Å². The normalized spacial score (nSPS) is 11.5. The molecule has 0 bridgehead atoms. The Morgan fingerprint density at radius 3 is 2.55 bits per heavy atom. The summed E-state index contributed by atoms with van der Waals surface area (Å²) in [4.78, 5) is 20.5. The van der Waals surface area contributed by atoms with Crippen molar-refractivity contribution in [2.24, 2.45) is 0 Å². The monoisotopic (exact) mass is 439 g/mol. The first-order valence-electron chi connectivity index (χ1n) is 10.2. The summed E-state index contributed by atoms with van der Waals surface area (Å²) in [5, 5.41) is 7.22. The number of rotatable bonds is 3. The van der Waals surface area contributed by atoms with Crippen molar-refractivity contribution in [3.63, 3.8) is 0 Å². The molecule has 0 fully saturated rings. The molecule has 0 aliphatic carbocycles. The van der Waals surface area contributed by atoms with Crippen LogP contribution in [-0.4, -0.2) is 35.1 Å². The highest BCUT2D eigenvalue weighted by atomic mass is 19.1. The SMILES string of the molecule is Cc1ccncc1-c1cnc2[nH]nc(-c3nc4c(-c5ccccc5F)ccnc4[nH]3)c2c1F. The highest BCUT2D eigenvalue weighted by Gasteiger charge is 2.22. The number of halogens is 2. The second kappa shape index (κ2) is 7.27. The lowest BCUT2D eigenvalue weighted by Crippen LogP contribution is -1.93. The second-order valence-corrected chi connectivity index (χ2v) is 7.59. The van der Waals surface area contributed by atoms with Crippen LogP contribution in [-0.2, 0) is 0 Å². The van der Waals surface area contributed by atoms with Crippen LogP contribution in [0.25, 0.3) is 56.0 Å². The van der Waals surface area contributed by atoms with Crippen molar-refractivity contribution >= 4 is 22.2 Å². The van der Waals surface area contributed by atoms with Gasteiger partial charge in [0.1, 0.15) is 22.8 Å². The van der Waals surface area contributed by atoms with Crippen molar-refractivity contribution in [2.45, 2.75) is 6.92 Å². The molecule has 0 radical (unpaired) electrons. The molecule has 0 aliphatic heterocycles. The lowest BCUT2D eigenvalue weighted by Gasteiger charge is -2.06. The molecule has 5 heterocycles. The van der Waals surface area contributed by atoms with Gasteiger partial charge in [0.05, 0.1) is 5.39 Å². The number of H-pyrrole nitrogens is 2. The molecular weight excluding hydrogens is 424 g/mol. The van der Waals surface area contributed by atoms with Gasteiger partial charge in [0.15, 0.2) is 17.1 Å². The van der Waals surface area contributed by atoms with E-state index in [4.69, 9.17) is 0 Å². The van der Waals surface area contributed by atoms with Crippen LogP contribution in [0.3, 0.4) is 0 Å². The van der Waals surface area contributed by atoms with E-state index in [-0.39, 0.29) is 22.5 Å². The summed E-state index contributed by atoms with van der Waals surface area (Å²) in [6.45, 7) is 1.88. The number of fused-ring (bicyclic) bond motifs is 2. The third-order valence-corrected chi connectivity index (χ3v) is 5.63. The fraction of sp³-hybridized carbons (Fsp3) is 0.0417. The summed E-state index contributed by atoms with van der Waals surface area (Å²) in [5.74, 6) is -0.553. The van der Waals surface area contributed by atoms with Crippen molar-refractivity contribution in [1.82, 2.24) is 35.1 Å². The fourth-order valence-corrected chi connectivity index (χ4v) is 3.98. The van der Waals surface area contributed by atoms with E-state index in [1.165, 1.54) is 12.3 Å². The van der Waals surface area contributed by atoms with Gasteiger partial charge in [-0.15, -0.1) is 0 Å². The molecule has 2 N–H and O–H groups in total. The number of aromatic amines is 2. The summed E-state index contributed by atoms with van der Waals surface area (Å²) in [7, 11) is 0. The molecule has 0 spiro atoms. The van der Waals surface area contributed by atoms with Gasteiger partial charge in [-0.1, -0.05) is 18.2 Å². The molecule has 33 heavy (non-hydrogen) atoms. The van der Waals surface area contributed by atoms with Crippen LogP contribution < -0.4 is 0 Å². The van der Waals surface area contributed by atoms with E-state index in [0.29, 0.717) is 39.2 Å². The molecular formula is C24H15F2N7. The van der Waals surface area contributed by atoms with E-state index in [0.717, 1.165) is 5.56 Å². The second-order valence-electron chi connectivity index (χ2n) is 7.59. The summed E-state index contributed by atoms with van der Waals surface area (Å²) in [5.41, 5.74) is 4.25. The van der Waals surface area contributed by atoms with E-state index in [2.05, 4.69) is 35.1 Å². The minimum atomic E-state index is -0.484. The standard InChI is InChI=1S/C24H15F2N7/c1-12-6-8-27-10-15(12)16-11-29-22-18(19(16)26)21(32-33-22)24-30-20-14(7-9-28-23(20)31-24)13-4-2-3-5-17(13)25/h2-11H,1H3,(H,28,30,31)(H,29,32,33). The Hall–Kier alpha value is -4.53. The van der Waals surface area contributed by atoms with E-state index >= 15 is 4.39 Å². The zero-order valence-electron chi connectivity index (χ0n) is 17.3. The minimum Gasteiger partial charge on any atom is -0.321 e. The van der Waals surface area contributed by atoms with Crippen molar-refractivity contribution in [2.75, 3.05) is 0 Å². The molecule has 0 saturated heterocycles. The quantitative estimate of drug-likeness (QED) is 0.395. The number of pyridine rings is 3. The molecule has 0 saturated carbocycles. The molecule has 0 amide bonds. The minimum absolute atomic E-state index is 0.197. The molecule has 160 valence electrons. The number of nitrogens with one attached hydrogen (secondary N) is 2. The summed E-state index contributed by atoms with van der Waals surface area (Å²) in [6.07, 6.45) is 6.29. The van der Waals surface area contributed by atoms with Crippen LogP contribution in [0.4, 0.5) is 8.78 Å². The summed E-state index contributed by atoms with van der Waals surface area (Å²) < 4.78 is 30.2. The average molecular weight is 439 g/mol. The third-order valence-electron chi connectivity index (χ3n) is 5.63. The van der Waals surface area contributed by atoms with E-state index in [9.17, 15) is 4.39 Å². The van der Waals surface area contributed by atoms with Crippen molar-refractivity contribution in [1.29, 1.82) is 0 Å². The summed E-state index contributed by atoms with van der Waals surface area (Å²) in [6, 6.07) is 9.95. The molecule has 0 unspecified atom stereocenters. The molecule has 0 atom stereocenters. The number of aryl methyl sites for hydroxylation is 1. The van der Waals surface area contributed by atoms with Gasteiger partial charge < -0.3 is 4.98 Å². The Bertz CT molecular complexity index is 1670. The van der Waals surface area contributed by atoms with Gasteiger partial charge >= 0.3 is 0 Å². The number of aromatic nitrogens is 7. The third kappa shape index (κ3) is 2.97. The van der Waals surface area contributed by atoms with Crippen LogP contribution in [0.5, 0.6) is 0 Å². The Kier molecular flexibility index (Phi) is 4.22. The van der Waals surface area contributed by atoms with Gasteiger partial charge in [-0.3, -0.25) is 10.1 Å². The van der Waals surface area contributed by atoms with Crippen LogP contribution >= 0.6 is 0 Å². The van der Waals surface area contributed by atoms with Crippen molar-refractivity contribution < 1.29 is 8.78 Å². The zero-order valence-corrected chi connectivity index (χ0v) is 17.3. The largest absolute Gasteiger partial charge is 0.321 e. The Morgan fingerprint density at radius 1 is 0.818 bits per heavy atom. The molecule has 6 aromatic rings. The van der Waals surface area contributed by atoms with E-state index in [1.807, 2.05) is 13.0 Å². The molecule has 1 aromatic carbocycles. The zero-order chi connectivity index (χ0) is 22.5. The van der Waals surface area contributed by atoms with Crippen LogP contribution in [0.1, 0.15) is 5.56 Å². The first-order valence-corrected chi connectivity index (χ1v) is 10.2. The Morgan fingerprint density at radius 2 is 1.70 bits per heavy atom. The number of nitrogens with zero attached hydrogens (tertiary/aromatic N) is 5. The topological polar surface area (TPSA) is 96.0 Å². The predicted octanol–water partition coefficient (Wildman–Crippen LogP) is 5.21. The lowest BCUT2D eigenvalue weighted by atomic mass is 10.0.